The van der Waals surface area contributed by atoms with E-state index in [1.807, 2.05) is 51.3 Å². The molecular formula is C27H39NO6S. The highest BCUT2D eigenvalue weighted by molar-refractivity contribution is 7.09. The number of nitrogens with zero attached hydrogens (tertiary/aromatic N) is 1. The summed E-state index contributed by atoms with van der Waals surface area (Å²) in [6.07, 6.45) is 3.84. The number of cyclic esters (lactones) is 1. The normalized spacial score (nSPS) is 37.9. The van der Waals surface area contributed by atoms with Crippen molar-refractivity contribution in [2.45, 2.75) is 97.7 Å². The van der Waals surface area contributed by atoms with Gasteiger partial charge in [-0.1, -0.05) is 39.8 Å². The molecule has 2 aliphatic heterocycles. The second kappa shape index (κ2) is 10.6. The van der Waals surface area contributed by atoms with Crippen LogP contribution in [0.15, 0.2) is 23.1 Å². The average Bonchev–Trinajstić information content (AvgIpc) is 3.22. The topological polar surface area (TPSA) is 109 Å². The summed E-state index contributed by atoms with van der Waals surface area (Å²) >= 11 is 1.55. The number of fused-ring (bicyclic) bond motifs is 1. The van der Waals surface area contributed by atoms with Crippen molar-refractivity contribution in [3.63, 3.8) is 0 Å². The zero-order valence-corrected chi connectivity index (χ0v) is 22.6. The minimum atomic E-state index is -1.25. The van der Waals surface area contributed by atoms with Crippen LogP contribution in [0.25, 0.3) is 6.08 Å². The molecule has 7 nitrogen and oxygen atoms in total. The fraction of sp³-hybridized carbons (Fsp3) is 0.667. The molecule has 2 aliphatic rings. The van der Waals surface area contributed by atoms with Gasteiger partial charge in [-0.15, -0.1) is 11.3 Å². The van der Waals surface area contributed by atoms with Crippen LogP contribution < -0.4 is 0 Å². The third-order valence-corrected chi connectivity index (χ3v) is 8.30. The summed E-state index contributed by atoms with van der Waals surface area (Å²) in [6.45, 7) is 12.6. The zero-order valence-electron chi connectivity index (χ0n) is 21.8. The number of aromatic nitrogens is 1. The van der Waals surface area contributed by atoms with Gasteiger partial charge >= 0.3 is 5.97 Å². The van der Waals surface area contributed by atoms with Gasteiger partial charge in [-0.25, -0.2) is 4.98 Å². The number of hydrogen-bond acceptors (Lipinski definition) is 8. The van der Waals surface area contributed by atoms with Gasteiger partial charge in [0.1, 0.15) is 11.9 Å². The SMILES string of the molecule is C/C(=C\c1csc(C)n1)[C@@H]1CC2O[C@@]2(C)C/C=C/[C@H](C)[C@H](O)[C@@H](C)C(=O)C(C)(C)[C@@H](O)CC(=O)O1. The van der Waals surface area contributed by atoms with Crippen molar-refractivity contribution in [2.24, 2.45) is 17.3 Å². The lowest BCUT2D eigenvalue weighted by Gasteiger charge is -2.34. The Morgan fingerprint density at radius 3 is 2.54 bits per heavy atom. The van der Waals surface area contributed by atoms with Crippen molar-refractivity contribution in [1.82, 2.24) is 4.98 Å². The van der Waals surface area contributed by atoms with Gasteiger partial charge in [-0.3, -0.25) is 9.59 Å². The van der Waals surface area contributed by atoms with Gasteiger partial charge < -0.3 is 19.7 Å². The lowest BCUT2D eigenvalue weighted by Crippen LogP contribution is -2.45. The predicted octanol–water partition coefficient (Wildman–Crippen LogP) is 4.25. The molecule has 1 fully saturated rings. The van der Waals surface area contributed by atoms with Crippen LogP contribution in [-0.2, 0) is 19.1 Å². The van der Waals surface area contributed by atoms with Gasteiger partial charge in [0.15, 0.2) is 0 Å². The van der Waals surface area contributed by atoms with Gasteiger partial charge in [-0.05, 0) is 38.8 Å². The van der Waals surface area contributed by atoms with E-state index in [1.165, 1.54) is 0 Å². The fourth-order valence-electron chi connectivity index (χ4n) is 4.67. The fourth-order valence-corrected chi connectivity index (χ4v) is 5.24. The van der Waals surface area contributed by atoms with Crippen LogP contribution in [0, 0.1) is 24.2 Å². The smallest absolute Gasteiger partial charge is 0.309 e. The molecule has 2 N–H and O–H groups in total. The molecule has 3 heterocycles. The number of ether oxygens (including phenoxy) is 2. The molecular weight excluding hydrogens is 466 g/mol. The Kier molecular flexibility index (Phi) is 8.41. The van der Waals surface area contributed by atoms with Crippen LogP contribution in [0.5, 0.6) is 0 Å². The van der Waals surface area contributed by atoms with E-state index in [1.54, 1.807) is 32.1 Å². The molecule has 0 bridgehead atoms. The minimum Gasteiger partial charge on any atom is -0.458 e. The van der Waals surface area contributed by atoms with Crippen LogP contribution >= 0.6 is 11.3 Å². The van der Waals surface area contributed by atoms with Crippen LogP contribution in [0.1, 0.15) is 71.5 Å². The second-order valence-electron chi connectivity index (χ2n) is 10.9. The van der Waals surface area contributed by atoms with Crippen LogP contribution in [0.3, 0.4) is 0 Å². The molecule has 0 saturated carbocycles. The van der Waals surface area contributed by atoms with E-state index in [9.17, 15) is 19.8 Å². The number of esters is 1. The van der Waals surface area contributed by atoms with Crippen LogP contribution in [0.2, 0.25) is 0 Å². The Balaban J connectivity index is 1.89. The number of carbonyl (C=O) groups is 2. The molecule has 0 radical (unpaired) electrons. The quantitative estimate of drug-likeness (QED) is 0.351. The van der Waals surface area contributed by atoms with Crippen LogP contribution in [-0.4, -0.2) is 57.0 Å². The molecule has 1 aromatic rings. The first kappa shape index (κ1) is 27.7. The third kappa shape index (κ3) is 6.47. The number of aliphatic hydroxyl groups excluding tert-OH is 2. The molecule has 8 heteroatoms. The second-order valence-corrected chi connectivity index (χ2v) is 12.0. The van der Waals surface area contributed by atoms with Gasteiger partial charge in [0.05, 0.1) is 46.5 Å². The van der Waals surface area contributed by atoms with Crippen molar-refractivity contribution < 1.29 is 29.3 Å². The molecule has 7 atom stereocenters. The lowest BCUT2D eigenvalue weighted by molar-refractivity contribution is -0.154. The molecule has 1 unspecified atom stereocenters. The van der Waals surface area contributed by atoms with E-state index >= 15 is 0 Å². The number of Topliss-reactive ketones (excluding diaryl/α,β-unsaturated/α-hetero) is 1. The van der Waals surface area contributed by atoms with E-state index in [4.69, 9.17) is 9.47 Å². The summed E-state index contributed by atoms with van der Waals surface area (Å²) in [6, 6.07) is 0. The van der Waals surface area contributed by atoms with Gasteiger partial charge in [0.25, 0.3) is 0 Å². The average molecular weight is 506 g/mol. The van der Waals surface area contributed by atoms with Crippen molar-refractivity contribution in [3.8, 4) is 0 Å². The van der Waals surface area contributed by atoms with Gasteiger partial charge in [0, 0.05) is 23.6 Å². The standard InChI is InChI=1S/C27H39NO6S/c1-15-9-8-10-27(7)22(34-27)12-20(16(2)11-19-14-35-18(4)28-19)33-23(30)13-21(29)26(5,6)25(32)17(3)24(15)31/h8-9,11,14-15,17,20-22,24,29,31H,10,12-13H2,1-7H3/b9-8+,16-11+/t15-,17+,20-,21-,22?,24-,27-/m0/s1. The maximum atomic E-state index is 13.2. The molecule has 3 rings (SSSR count). The summed E-state index contributed by atoms with van der Waals surface area (Å²) in [5.41, 5.74) is 0.0391. The van der Waals surface area contributed by atoms with Crippen molar-refractivity contribution >= 4 is 29.2 Å². The maximum Gasteiger partial charge on any atom is 0.309 e. The summed E-state index contributed by atoms with van der Waals surface area (Å²) < 4.78 is 11.9. The number of aliphatic hydroxyl groups is 2. The highest BCUT2D eigenvalue weighted by Crippen LogP contribution is 2.44. The Hall–Kier alpha value is -1.87. The Morgan fingerprint density at radius 1 is 1.23 bits per heavy atom. The summed E-state index contributed by atoms with van der Waals surface area (Å²) in [4.78, 5) is 30.6. The first-order valence-corrected chi connectivity index (χ1v) is 13.2. The van der Waals surface area contributed by atoms with E-state index in [0.29, 0.717) is 12.8 Å². The van der Waals surface area contributed by atoms with Crippen LogP contribution in [0.4, 0.5) is 0 Å². The minimum absolute atomic E-state index is 0.0968. The Bertz CT molecular complexity index is 998. The van der Waals surface area contributed by atoms with E-state index in [0.717, 1.165) is 16.3 Å². The van der Waals surface area contributed by atoms with Crippen molar-refractivity contribution in [3.05, 3.63) is 33.8 Å². The molecule has 0 aliphatic carbocycles. The first-order chi connectivity index (χ1) is 16.2. The first-order valence-electron chi connectivity index (χ1n) is 12.3. The van der Waals surface area contributed by atoms with Gasteiger partial charge in [0.2, 0.25) is 0 Å². The number of epoxide rings is 1. The lowest BCUT2D eigenvalue weighted by atomic mass is 9.73. The zero-order chi connectivity index (χ0) is 26.1. The summed E-state index contributed by atoms with van der Waals surface area (Å²) in [7, 11) is 0. The summed E-state index contributed by atoms with van der Waals surface area (Å²) in [5, 5.41) is 24.5. The molecule has 1 saturated heterocycles. The number of rotatable bonds is 2. The molecule has 1 aromatic heterocycles. The molecule has 35 heavy (non-hydrogen) atoms. The number of thiazole rings is 1. The highest BCUT2D eigenvalue weighted by atomic mass is 32.1. The van der Waals surface area contributed by atoms with E-state index < -0.39 is 35.6 Å². The third-order valence-electron chi connectivity index (χ3n) is 7.51. The number of ketones is 1. The molecule has 0 amide bonds. The number of aryl methyl sites for hydroxylation is 1. The van der Waals surface area contributed by atoms with Crippen molar-refractivity contribution in [2.75, 3.05) is 0 Å². The summed E-state index contributed by atoms with van der Waals surface area (Å²) in [5.74, 6) is -1.83. The maximum absolute atomic E-state index is 13.2. The molecule has 0 spiro atoms. The predicted molar refractivity (Wildman–Crippen MR) is 136 cm³/mol. The van der Waals surface area contributed by atoms with Gasteiger partial charge in [-0.2, -0.15) is 0 Å². The molecule has 194 valence electrons. The largest absolute Gasteiger partial charge is 0.458 e. The highest BCUT2D eigenvalue weighted by Gasteiger charge is 2.52. The molecule has 0 aromatic carbocycles. The van der Waals surface area contributed by atoms with Crippen molar-refractivity contribution in [1.29, 1.82) is 0 Å². The Morgan fingerprint density at radius 2 is 1.91 bits per heavy atom. The monoisotopic (exact) mass is 505 g/mol. The Labute approximate surface area is 212 Å². The van der Waals surface area contributed by atoms with E-state index in [2.05, 4.69) is 4.98 Å². The number of hydrogen-bond donors (Lipinski definition) is 2. The van der Waals surface area contributed by atoms with E-state index in [-0.39, 0.29) is 29.8 Å². The number of carbonyl (C=O) groups excluding carboxylic acids is 2.